The maximum absolute atomic E-state index is 11.1. The summed E-state index contributed by atoms with van der Waals surface area (Å²) in [5, 5.41) is 0. The zero-order valence-electron chi connectivity index (χ0n) is 8.05. The SMILES string of the molecule is C=C(C)C(=O)OC(OC(C)=O)C(Cl)(Cl)Br. The Hall–Kier alpha value is -0.260. The first-order valence-electron chi connectivity index (χ1n) is 3.75. The van der Waals surface area contributed by atoms with Crippen LogP contribution in [-0.2, 0) is 19.1 Å². The molecule has 0 amide bonds. The zero-order chi connectivity index (χ0) is 12.2. The maximum Gasteiger partial charge on any atom is 0.336 e. The van der Waals surface area contributed by atoms with Crippen molar-refractivity contribution < 1.29 is 19.1 Å². The number of hydrogen-bond donors (Lipinski definition) is 0. The molecule has 0 radical (unpaired) electrons. The zero-order valence-corrected chi connectivity index (χ0v) is 11.1. The van der Waals surface area contributed by atoms with E-state index in [1.54, 1.807) is 0 Å². The van der Waals surface area contributed by atoms with Crippen molar-refractivity contribution in [1.29, 1.82) is 0 Å². The van der Waals surface area contributed by atoms with Gasteiger partial charge in [0.1, 0.15) is 0 Å². The highest BCUT2D eigenvalue weighted by molar-refractivity contribution is 9.11. The Morgan fingerprint density at radius 1 is 1.33 bits per heavy atom. The fraction of sp³-hybridized carbons (Fsp3) is 0.500. The Bertz CT molecular complexity index is 285. The molecule has 86 valence electrons. The van der Waals surface area contributed by atoms with E-state index in [1.165, 1.54) is 6.92 Å². The third-order valence-electron chi connectivity index (χ3n) is 1.10. The average molecular weight is 320 g/mol. The average Bonchev–Trinajstić information content (AvgIpc) is 2.00. The van der Waals surface area contributed by atoms with Crippen LogP contribution >= 0.6 is 39.1 Å². The maximum atomic E-state index is 11.1. The first-order chi connectivity index (χ1) is 6.64. The smallest absolute Gasteiger partial charge is 0.336 e. The quantitative estimate of drug-likeness (QED) is 0.346. The van der Waals surface area contributed by atoms with Crippen molar-refractivity contribution in [3.63, 3.8) is 0 Å². The molecule has 0 rings (SSSR count). The highest BCUT2D eigenvalue weighted by atomic mass is 79.9. The van der Waals surface area contributed by atoms with Crippen LogP contribution in [0.3, 0.4) is 0 Å². The van der Waals surface area contributed by atoms with Gasteiger partial charge in [-0.05, 0) is 22.9 Å². The number of carbonyl (C=O) groups is 2. The summed E-state index contributed by atoms with van der Waals surface area (Å²) in [6, 6.07) is 0. The van der Waals surface area contributed by atoms with E-state index in [4.69, 9.17) is 27.9 Å². The number of carbonyl (C=O) groups excluding carboxylic acids is 2. The first kappa shape index (κ1) is 14.7. The fourth-order valence-electron chi connectivity index (χ4n) is 0.506. The van der Waals surface area contributed by atoms with Gasteiger partial charge in [-0.25, -0.2) is 4.79 Å². The summed E-state index contributed by atoms with van der Waals surface area (Å²) in [7, 11) is 0. The van der Waals surface area contributed by atoms with Crippen LogP contribution < -0.4 is 0 Å². The van der Waals surface area contributed by atoms with Gasteiger partial charge in [0.25, 0.3) is 6.29 Å². The lowest BCUT2D eigenvalue weighted by molar-refractivity contribution is -0.182. The van der Waals surface area contributed by atoms with Crippen LogP contribution in [-0.4, -0.2) is 21.5 Å². The van der Waals surface area contributed by atoms with Crippen molar-refractivity contribution in [2.45, 2.75) is 23.4 Å². The van der Waals surface area contributed by atoms with Gasteiger partial charge in [-0.15, -0.1) is 0 Å². The Morgan fingerprint density at radius 2 is 1.80 bits per heavy atom. The van der Waals surface area contributed by atoms with Gasteiger partial charge < -0.3 is 9.47 Å². The molecule has 0 heterocycles. The molecule has 15 heavy (non-hydrogen) atoms. The number of rotatable bonds is 4. The second-order valence-electron chi connectivity index (χ2n) is 2.67. The molecule has 0 aromatic heterocycles. The monoisotopic (exact) mass is 318 g/mol. The van der Waals surface area contributed by atoms with Gasteiger partial charge in [-0.1, -0.05) is 29.8 Å². The Kier molecular flexibility index (Phi) is 5.62. The number of ether oxygens (including phenoxy) is 2. The van der Waals surface area contributed by atoms with Crippen molar-refractivity contribution >= 4 is 51.1 Å². The molecule has 0 aliphatic heterocycles. The van der Waals surface area contributed by atoms with Crippen molar-refractivity contribution in [1.82, 2.24) is 0 Å². The summed E-state index contributed by atoms with van der Waals surface area (Å²) >= 11 is 14.0. The second-order valence-corrected chi connectivity index (χ2v) is 6.22. The lowest BCUT2D eigenvalue weighted by Crippen LogP contribution is -2.35. The summed E-state index contributed by atoms with van der Waals surface area (Å²) < 4.78 is 7.59. The normalized spacial score (nSPS) is 12.9. The van der Waals surface area contributed by atoms with Crippen molar-refractivity contribution in [3.8, 4) is 0 Å². The summed E-state index contributed by atoms with van der Waals surface area (Å²) in [4.78, 5) is 21.8. The van der Waals surface area contributed by atoms with Crippen molar-refractivity contribution in [2.24, 2.45) is 0 Å². The van der Waals surface area contributed by atoms with Crippen molar-refractivity contribution in [2.75, 3.05) is 0 Å². The molecule has 7 heteroatoms. The summed E-state index contributed by atoms with van der Waals surface area (Å²) in [5.74, 6) is -1.44. The number of alkyl halides is 3. The molecular weight excluding hydrogens is 311 g/mol. The summed E-state index contributed by atoms with van der Waals surface area (Å²) in [6.07, 6.45) is -1.44. The molecular formula is C8H9BrCl2O4. The molecule has 0 aliphatic carbocycles. The fourth-order valence-corrected chi connectivity index (χ4v) is 0.871. The predicted octanol–water partition coefficient (Wildman–Crippen LogP) is 2.52. The minimum atomic E-state index is -1.70. The predicted molar refractivity (Wildman–Crippen MR) is 59.8 cm³/mol. The lowest BCUT2D eigenvalue weighted by Gasteiger charge is -2.23. The Morgan fingerprint density at radius 3 is 2.07 bits per heavy atom. The lowest BCUT2D eigenvalue weighted by atomic mass is 10.4. The van der Waals surface area contributed by atoms with Crippen LogP contribution in [0.4, 0.5) is 0 Å². The van der Waals surface area contributed by atoms with Gasteiger partial charge in [-0.3, -0.25) is 4.79 Å². The highest BCUT2D eigenvalue weighted by Gasteiger charge is 2.38. The van der Waals surface area contributed by atoms with E-state index in [2.05, 4.69) is 27.2 Å². The largest absolute Gasteiger partial charge is 0.421 e. The topological polar surface area (TPSA) is 52.6 Å². The van der Waals surface area contributed by atoms with Crippen LogP contribution in [0.2, 0.25) is 0 Å². The number of halogens is 3. The van der Waals surface area contributed by atoms with E-state index in [9.17, 15) is 9.59 Å². The molecule has 0 aromatic carbocycles. The van der Waals surface area contributed by atoms with Gasteiger partial charge in [-0.2, -0.15) is 0 Å². The third kappa shape index (κ3) is 6.02. The first-order valence-corrected chi connectivity index (χ1v) is 5.30. The minimum absolute atomic E-state index is 0.136. The molecule has 0 bridgehead atoms. The molecule has 0 N–H and O–H groups in total. The summed E-state index contributed by atoms with van der Waals surface area (Å²) in [5.41, 5.74) is 0.136. The second kappa shape index (κ2) is 5.72. The molecule has 0 aliphatic rings. The van der Waals surface area contributed by atoms with Gasteiger partial charge in [0, 0.05) is 12.5 Å². The molecule has 0 spiro atoms. The number of hydrogen-bond acceptors (Lipinski definition) is 4. The van der Waals surface area contributed by atoms with E-state index in [0.717, 1.165) is 6.92 Å². The van der Waals surface area contributed by atoms with Crippen LogP contribution in [0.15, 0.2) is 12.2 Å². The minimum Gasteiger partial charge on any atom is -0.421 e. The van der Waals surface area contributed by atoms with E-state index in [1.807, 2.05) is 0 Å². The molecule has 1 atom stereocenters. The summed E-state index contributed by atoms with van der Waals surface area (Å²) in [6.45, 7) is 5.92. The van der Waals surface area contributed by atoms with E-state index in [-0.39, 0.29) is 5.57 Å². The van der Waals surface area contributed by atoms with Crippen LogP contribution in [0, 0.1) is 0 Å². The number of esters is 2. The molecule has 0 saturated heterocycles. The third-order valence-corrected chi connectivity index (χ3v) is 1.83. The van der Waals surface area contributed by atoms with E-state index >= 15 is 0 Å². The molecule has 0 fully saturated rings. The van der Waals surface area contributed by atoms with Crippen molar-refractivity contribution in [3.05, 3.63) is 12.2 Å². The van der Waals surface area contributed by atoms with Gasteiger partial charge in [0.05, 0.1) is 0 Å². The molecule has 1 unspecified atom stereocenters. The van der Waals surface area contributed by atoms with Crippen LogP contribution in [0.1, 0.15) is 13.8 Å². The molecule has 0 saturated carbocycles. The van der Waals surface area contributed by atoms with Gasteiger partial charge in [0.2, 0.25) is 3.24 Å². The Labute approximate surface area is 106 Å². The Balaban J connectivity index is 4.59. The van der Waals surface area contributed by atoms with Crippen LogP contribution in [0.5, 0.6) is 0 Å². The molecule has 4 nitrogen and oxygen atoms in total. The van der Waals surface area contributed by atoms with Crippen LogP contribution in [0.25, 0.3) is 0 Å². The highest BCUT2D eigenvalue weighted by Crippen LogP contribution is 2.35. The standard InChI is InChI=1S/C8H9BrCl2O4/c1-4(2)6(13)15-7(8(9,10)11)14-5(3)12/h7H,1H2,2-3H3. The van der Waals surface area contributed by atoms with Gasteiger partial charge >= 0.3 is 11.9 Å². The molecule has 0 aromatic rings. The van der Waals surface area contributed by atoms with E-state index in [0.29, 0.717) is 0 Å². The van der Waals surface area contributed by atoms with E-state index < -0.39 is 21.5 Å². The van der Waals surface area contributed by atoms with Gasteiger partial charge in [0.15, 0.2) is 0 Å².